The van der Waals surface area contributed by atoms with E-state index in [1.807, 2.05) is 43.3 Å². The summed E-state index contributed by atoms with van der Waals surface area (Å²) in [5.74, 6) is 0.840. The maximum absolute atomic E-state index is 5.67. The first-order valence-corrected chi connectivity index (χ1v) is 5.62. The molecule has 0 bridgehead atoms. The molecule has 0 aliphatic rings. The number of nitrogens with two attached hydrogens (primary N) is 1. The number of ether oxygens (including phenoxy) is 1. The standard InChI is InChI=1S/C14H16N2O/c1-11-3-2-8-16-14(11)10-17-13-6-4-12(9-15)5-7-13/h2-8H,9-10,15H2,1H3. The van der Waals surface area contributed by atoms with Gasteiger partial charge in [-0.05, 0) is 36.2 Å². The number of hydrogen-bond acceptors (Lipinski definition) is 3. The molecule has 2 rings (SSSR count). The summed E-state index contributed by atoms with van der Waals surface area (Å²) in [4.78, 5) is 4.28. The molecule has 2 N–H and O–H groups in total. The Bertz CT molecular complexity index is 480. The van der Waals surface area contributed by atoms with E-state index in [9.17, 15) is 0 Å². The van der Waals surface area contributed by atoms with Crippen LogP contribution in [0.4, 0.5) is 0 Å². The third kappa shape index (κ3) is 3.04. The lowest BCUT2D eigenvalue weighted by Crippen LogP contribution is -2.01. The fraction of sp³-hybridized carbons (Fsp3) is 0.214. The molecule has 0 saturated heterocycles. The Balaban J connectivity index is 2.00. The summed E-state index contributed by atoms with van der Waals surface area (Å²) in [5.41, 5.74) is 8.75. The molecule has 0 fully saturated rings. The van der Waals surface area contributed by atoms with Crippen molar-refractivity contribution in [2.75, 3.05) is 0 Å². The maximum Gasteiger partial charge on any atom is 0.130 e. The van der Waals surface area contributed by atoms with Crippen LogP contribution in [-0.2, 0) is 13.2 Å². The summed E-state index contributed by atoms with van der Waals surface area (Å²) in [7, 11) is 0. The van der Waals surface area contributed by atoms with E-state index in [2.05, 4.69) is 4.98 Å². The third-order valence-corrected chi connectivity index (χ3v) is 2.65. The molecule has 3 heteroatoms. The second kappa shape index (κ2) is 5.46. The Hall–Kier alpha value is -1.87. The van der Waals surface area contributed by atoms with Crippen LogP contribution in [-0.4, -0.2) is 4.98 Å². The van der Waals surface area contributed by atoms with Crippen LogP contribution in [0.1, 0.15) is 16.8 Å². The monoisotopic (exact) mass is 228 g/mol. The van der Waals surface area contributed by atoms with Crippen molar-refractivity contribution < 1.29 is 4.74 Å². The van der Waals surface area contributed by atoms with Crippen molar-refractivity contribution in [2.45, 2.75) is 20.1 Å². The molecule has 0 radical (unpaired) electrons. The molecule has 88 valence electrons. The van der Waals surface area contributed by atoms with Gasteiger partial charge in [-0.2, -0.15) is 0 Å². The van der Waals surface area contributed by atoms with Gasteiger partial charge in [-0.15, -0.1) is 0 Å². The van der Waals surface area contributed by atoms with Crippen LogP contribution in [0.2, 0.25) is 0 Å². The van der Waals surface area contributed by atoms with Crippen LogP contribution in [0, 0.1) is 6.92 Å². The van der Waals surface area contributed by atoms with Crippen molar-refractivity contribution in [2.24, 2.45) is 5.73 Å². The zero-order valence-electron chi connectivity index (χ0n) is 9.89. The Kier molecular flexibility index (Phi) is 3.73. The first kappa shape index (κ1) is 11.6. The summed E-state index contributed by atoms with van der Waals surface area (Å²) in [6, 6.07) is 11.8. The van der Waals surface area contributed by atoms with Gasteiger partial charge in [0.05, 0.1) is 5.69 Å². The van der Waals surface area contributed by atoms with Crippen molar-refractivity contribution in [1.29, 1.82) is 0 Å². The third-order valence-electron chi connectivity index (χ3n) is 2.65. The lowest BCUT2D eigenvalue weighted by atomic mass is 10.2. The molecule has 0 aliphatic carbocycles. The minimum absolute atomic E-state index is 0.495. The molecule has 0 atom stereocenters. The highest BCUT2D eigenvalue weighted by Crippen LogP contribution is 2.14. The molecule has 0 saturated carbocycles. The molecule has 1 aromatic carbocycles. The van der Waals surface area contributed by atoms with E-state index in [0.717, 1.165) is 22.6 Å². The minimum Gasteiger partial charge on any atom is -0.487 e. The van der Waals surface area contributed by atoms with E-state index in [0.29, 0.717) is 13.2 Å². The van der Waals surface area contributed by atoms with E-state index < -0.39 is 0 Å². The molecular weight excluding hydrogens is 212 g/mol. The molecule has 2 aromatic rings. The summed E-state index contributed by atoms with van der Waals surface area (Å²) >= 11 is 0. The molecule has 3 nitrogen and oxygen atoms in total. The van der Waals surface area contributed by atoms with E-state index >= 15 is 0 Å². The van der Waals surface area contributed by atoms with Crippen molar-refractivity contribution in [3.63, 3.8) is 0 Å². The second-order valence-electron chi connectivity index (χ2n) is 3.90. The van der Waals surface area contributed by atoms with Gasteiger partial charge in [0.1, 0.15) is 12.4 Å². The van der Waals surface area contributed by atoms with Gasteiger partial charge in [0.25, 0.3) is 0 Å². The fourth-order valence-corrected chi connectivity index (χ4v) is 1.54. The van der Waals surface area contributed by atoms with Crippen molar-refractivity contribution >= 4 is 0 Å². The molecule has 0 unspecified atom stereocenters. The Morgan fingerprint density at radius 2 is 1.94 bits per heavy atom. The summed E-state index contributed by atoms with van der Waals surface area (Å²) in [6.45, 7) is 3.08. The average Bonchev–Trinajstić information content (AvgIpc) is 2.38. The van der Waals surface area contributed by atoms with Crippen LogP contribution in [0.15, 0.2) is 42.6 Å². The molecule has 0 amide bonds. The van der Waals surface area contributed by atoms with E-state index in [4.69, 9.17) is 10.5 Å². The van der Waals surface area contributed by atoms with Gasteiger partial charge in [0, 0.05) is 12.7 Å². The van der Waals surface area contributed by atoms with Crippen LogP contribution < -0.4 is 10.5 Å². The number of benzene rings is 1. The van der Waals surface area contributed by atoms with Gasteiger partial charge in [-0.25, -0.2) is 0 Å². The van der Waals surface area contributed by atoms with E-state index in [1.54, 1.807) is 6.20 Å². The molecule has 17 heavy (non-hydrogen) atoms. The van der Waals surface area contributed by atoms with Crippen molar-refractivity contribution in [1.82, 2.24) is 4.98 Å². The number of nitrogens with zero attached hydrogens (tertiary/aromatic N) is 1. The van der Waals surface area contributed by atoms with Gasteiger partial charge in [-0.3, -0.25) is 4.98 Å². The van der Waals surface area contributed by atoms with Crippen LogP contribution >= 0.6 is 0 Å². The highest BCUT2D eigenvalue weighted by atomic mass is 16.5. The summed E-state index contributed by atoms with van der Waals surface area (Å²) in [6.07, 6.45) is 1.78. The van der Waals surface area contributed by atoms with Gasteiger partial charge in [0.2, 0.25) is 0 Å². The maximum atomic E-state index is 5.67. The highest BCUT2D eigenvalue weighted by molar-refractivity contribution is 5.27. The van der Waals surface area contributed by atoms with E-state index in [-0.39, 0.29) is 0 Å². The highest BCUT2D eigenvalue weighted by Gasteiger charge is 2.00. The van der Waals surface area contributed by atoms with Crippen molar-refractivity contribution in [3.05, 3.63) is 59.4 Å². The minimum atomic E-state index is 0.495. The summed E-state index contributed by atoms with van der Waals surface area (Å²) in [5, 5.41) is 0. The number of rotatable bonds is 4. The Morgan fingerprint density at radius 3 is 2.59 bits per heavy atom. The lowest BCUT2D eigenvalue weighted by molar-refractivity contribution is 0.300. The Labute approximate surface area is 101 Å². The predicted molar refractivity (Wildman–Crippen MR) is 67.6 cm³/mol. The van der Waals surface area contributed by atoms with Crippen LogP contribution in [0.25, 0.3) is 0 Å². The SMILES string of the molecule is Cc1cccnc1COc1ccc(CN)cc1. The fourth-order valence-electron chi connectivity index (χ4n) is 1.54. The quantitative estimate of drug-likeness (QED) is 0.874. The molecule has 0 aliphatic heterocycles. The topological polar surface area (TPSA) is 48.1 Å². The van der Waals surface area contributed by atoms with Gasteiger partial charge in [-0.1, -0.05) is 18.2 Å². The number of aromatic nitrogens is 1. The van der Waals surface area contributed by atoms with Gasteiger partial charge in [0.15, 0.2) is 0 Å². The smallest absolute Gasteiger partial charge is 0.130 e. The number of pyridine rings is 1. The Morgan fingerprint density at radius 1 is 1.18 bits per heavy atom. The normalized spacial score (nSPS) is 10.2. The number of aryl methyl sites for hydroxylation is 1. The first-order chi connectivity index (χ1) is 8.29. The number of hydrogen-bond donors (Lipinski definition) is 1. The first-order valence-electron chi connectivity index (χ1n) is 5.62. The predicted octanol–water partition coefficient (Wildman–Crippen LogP) is 2.43. The molecular formula is C14H16N2O. The van der Waals surface area contributed by atoms with Gasteiger partial charge >= 0.3 is 0 Å². The van der Waals surface area contributed by atoms with E-state index in [1.165, 1.54) is 0 Å². The van der Waals surface area contributed by atoms with Crippen molar-refractivity contribution in [3.8, 4) is 5.75 Å². The van der Waals surface area contributed by atoms with Crippen LogP contribution in [0.5, 0.6) is 5.75 Å². The average molecular weight is 228 g/mol. The van der Waals surface area contributed by atoms with Crippen LogP contribution in [0.3, 0.4) is 0 Å². The zero-order chi connectivity index (χ0) is 12.1. The largest absolute Gasteiger partial charge is 0.487 e. The second-order valence-corrected chi connectivity index (χ2v) is 3.90. The lowest BCUT2D eigenvalue weighted by Gasteiger charge is -2.08. The molecule has 0 spiro atoms. The molecule has 1 aromatic heterocycles. The van der Waals surface area contributed by atoms with Gasteiger partial charge < -0.3 is 10.5 Å². The summed E-state index contributed by atoms with van der Waals surface area (Å²) < 4.78 is 5.67. The molecule has 1 heterocycles. The zero-order valence-corrected chi connectivity index (χ0v) is 9.89.